The molecule has 3 fully saturated rings. The minimum Gasteiger partial charge on any atom is -0.479 e. The second-order valence-corrected chi connectivity index (χ2v) is 15.6. The molecule has 0 radical (unpaired) electrons. The van der Waals surface area contributed by atoms with Gasteiger partial charge in [-0.05, 0) is 43.4 Å². The van der Waals surface area contributed by atoms with Gasteiger partial charge in [0.15, 0.2) is 0 Å². The van der Waals surface area contributed by atoms with Crippen LogP contribution < -0.4 is 16.0 Å². The first kappa shape index (κ1) is 34.0. The first-order valence-electron chi connectivity index (χ1n) is 15.1. The van der Waals surface area contributed by atoms with Gasteiger partial charge in [-0.1, -0.05) is 52.9 Å². The minimum absolute atomic E-state index is 0.0245. The van der Waals surface area contributed by atoms with Gasteiger partial charge in [-0.2, -0.15) is 17.0 Å². The molecule has 1 saturated carbocycles. The lowest BCUT2D eigenvalue weighted by Gasteiger charge is -2.35. The van der Waals surface area contributed by atoms with Crippen molar-refractivity contribution in [3.05, 3.63) is 0 Å². The topological polar surface area (TPSA) is 168 Å². The van der Waals surface area contributed by atoms with Crippen molar-refractivity contribution >= 4 is 34.0 Å². The van der Waals surface area contributed by atoms with Gasteiger partial charge in [0, 0.05) is 40.3 Å². The smallest absolute Gasteiger partial charge is 0.329 e. The van der Waals surface area contributed by atoms with Gasteiger partial charge >= 0.3 is 12.0 Å². The fraction of sp³-hybridized carbons (Fsp3) is 0.857. The molecule has 0 spiro atoms. The number of carboxylic acid groups (broad SMARTS) is 1. The van der Waals surface area contributed by atoms with Crippen LogP contribution in [0.1, 0.15) is 85.0 Å². The summed E-state index contributed by atoms with van der Waals surface area (Å²) in [5, 5.41) is 18.4. The molecule has 1 aliphatic carbocycles. The number of nitrogens with one attached hydrogen (secondary N) is 3. The largest absolute Gasteiger partial charge is 0.479 e. The molecular formula is C28H50N6O7S. The maximum absolute atomic E-state index is 13.8. The Kier molecular flexibility index (Phi) is 10.9. The van der Waals surface area contributed by atoms with Crippen molar-refractivity contribution in [2.24, 2.45) is 11.3 Å². The highest BCUT2D eigenvalue weighted by molar-refractivity contribution is 7.86. The molecule has 42 heavy (non-hydrogen) atoms. The average Bonchev–Trinajstić information content (AvgIpc) is 3.36. The zero-order valence-electron chi connectivity index (χ0n) is 25.9. The van der Waals surface area contributed by atoms with Crippen LogP contribution in [0.3, 0.4) is 0 Å². The highest BCUT2D eigenvalue weighted by Gasteiger charge is 2.61. The second kappa shape index (κ2) is 13.5. The van der Waals surface area contributed by atoms with Crippen LogP contribution in [0, 0.1) is 11.3 Å². The zero-order valence-corrected chi connectivity index (χ0v) is 26.8. The third-order valence-corrected chi connectivity index (χ3v) is 10.8. The van der Waals surface area contributed by atoms with E-state index in [1.54, 1.807) is 0 Å². The number of aliphatic carboxylic acids is 1. The number of likely N-dealkylation sites (N-methyl/N-ethyl adjacent to an activating group) is 1. The third kappa shape index (κ3) is 7.93. The van der Waals surface area contributed by atoms with E-state index >= 15 is 0 Å². The summed E-state index contributed by atoms with van der Waals surface area (Å²) in [6.07, 6.45) is 6.87. The van der Waals surface area contributed by atoms with Gasteiger partial charge in [0.1, 0.15) is 17.6 Å². The third-order valence-electron chi connectivity index (χ3n) is 8.97. The van der Waals surface area contributed by atoms with Crippen LogP contribution in [0.15, 0.2) is 0 Å². The van der Waals surface area contributed by atoms with E-state index < -0.39 is 57.2 Å². The lowest BCUT2D eigenvalue weighted by atomic mass is 9.87. The van der Waals surface area contributed by atoms with Crippen LogP contribution in [-0.4, -0.2) is 109 Å². The van der Waals surface area contributed by atoms with Crippen molar-refractivity contribution in [1.29, 1.82) is 0 Å². The Morgan fingerprint density at radius 1 is 1.05 bits per heavy atom. The number of hydrogen-bond donors (Lipinski definition) is 4. The Balaban J connectivity index is 1.77. The fourth-order valence-electron chi connectivity index (χ4n) is 6.00. The summed E-state index contributed by atoms with van der Waals surface area (Å²) in [7, 11) is 0.630. The van der Waals surface area contributed by atoms with Crippen molar-refractivity contribution in [2.45, 2.75) is 109 Å². The summed E-state index contributed by atoms with van der Waals surface area (Å²) >= 11 is 0. The minimum atomic E-state index is -3.70. The number of carbonyl (C=O) groups is 4. The van der Waals surface area contributed by atoms with Gasteiger partial charge in [0.25, 0.3) is 10.2 Å². The molecule has 13 nitrogen and oxygen atoms in total. The van der Waals surface area contributed by atoms with Crippen molar-refractivity contribution in [3.8, 4) is 0 Å². The van der Waals surface area contributed by atoms with Crippen molar-refractivity contribution in [1.82, 2.24) is 29.5 Å². The van der Waals surface area contributed by atoms with Gasteiger partial charge in [-0.25, -0.2) is 9.59 Å². The Morgan fingerprint density at radius 3 is 2.26 bits per heavy atom. The zero-order chi connectivity index (χ0) is 31.5. The summed E-state index contributed by atoms with van der Waals surface area (Å²) in [5.41, 5.74) is -1.76. The summed E-state index contributed by atoms with van der Waals surface area (Å²) < 4.78 is 27.5. The van der Waals surface area contributed by atoms with Gasteiger partial charge in [-0.3, -0.25) is 9.59 Å². The molecule has 2 saturated heterocycles. The standard InChI is InChI=1S/C28H50N6O7S/c1-27(2,3)22(18-33(6)42(40,41)32(4)5)30-26(39)29-20-14-11-9-7-8-10-13-19-17-28(19,25(37)38)31-23(35)21-15-12-16-34(21)24(20)36/h19-22H,7-18H2,1-6H3,(H,31,35)(H,37,38)(H2,29,30,39)/t19?,20-,21?,22?,28+/m0/s1. The molecule has 2 heterocycles. The molecule has 3 rings (SSSR count). The number of urea groups is 1. The fourth-order valence-corrected chi connectivity index (χ4v) is 6.90. The van der Waals surface area contributed by atoms with Gasteiger partial charge in [0.2, 0.25) is 11.8 Å². The molecule has 0 aromatic rings. The summed E-state index contributed by atoms with van der Waals surface area (Å²) in [4.78, 5) is 54.0. The predicted molar refractivity (Wildman–Crippen MR) is 158 cm³/mol. The molecule has 0 aromatic heterocycles. The molecule has 0 aromatic carbocycles. The van der Waals surface area contributed by atoms with E-state index in [1.807, 2.05) is 20.8 Å². The highest BCUT2D eigenvalue weighted by Crippen LogP contribution is 2.47. The van der Waals surface area contributed by atoms with Gasteiger partial charge in [-0.15, -0.1) is 0 Å². The number of hydrogen-bond acceptors (Lipinski definition) is 6. The Bertz CT molecular complexity index is 1120. The van der Waals surface area contributed by atoms with Crippen LogP contribution in [-0.2, 0) is 24.6 Å². The van der Waals surface area contributed by atoms with E-state index in [2.05, 4.69) is 16.0 Å². The van der Waals surface area contributed by atoms with Crippen LogP contribution in [0.2, 0.25) is 0 Å². The van der Waals surface area contributed by atoms with Crippen molar-refractivity contribution in [3.63, 3.8) is 0 Å². The van der Waals surface area contributed by atoms with E-state index in [0.29, 0.717) is 38.6 Å². The lowest BCUT2D eigenvalue weighted by molar-refractivity contribution is -0.145. The highest BCUT2D eigenvalue weighted by atomic mass is 32.2. The molecule has 4 amide bonds. The number of nitrogens with zero attached hydrogens (tertiary/aromatic N) is 3. The molecule has 5 atom stereocenters. The molecule has 2 aliphatic heterocycles. The maximum atomic E-state index is 13.8. The van der Waals surface area contributed by atoms with Crippen molar-refractivity contribution < 1.29 is 32.7 Å². The number of fused-ring (bicyclic) bond motifs is 2. The molecule has 3 unspecified atom stereocenters. The van der Waals surface area contributed by atoms with Gasteiger partial charge in [0.05, 0.1) is 0 Å². The SMILES string of the molecule is CN(C)S(=O)(=O)N(C)CC(NC(=O)N[C@H]1CCCCCCCC2C[C@@]2(C(=O)O)NC(=O)C2CCCN2C1=O)C(C)(C)C. The molecule has 0 bridgehead atoms. The normalized spacial score (nSPS) is 28.7. The van der Waals surface area contributed by atoms with Crippen LogP contribution in [0.25, 0.3) is 0 Å². The average molecular weight is 615 g/mol. The van der Waals surface area contributed by atoms with Crippen LogP contribution in [0.4, 0.5) is 4.79 Å². The Morgan fingerprint density at radius 2 is 1.67 bits per heavy atom. The van der Waals surface area contributed by atoms with E-state index in [9.17, 15) is 32.7 Å². The van der Waals surface area contributed by atoms with Crippen molar-refractivity contribution in [2.75, 3.05) is 34.2 Å². The van der Waals surface area contributed by atoms with E-state index in [1.165, 1.54) is 30.3 Å². The van der Waals surface area contributed by atoms with E-state index in [-0.39, 0.29) is 18.4 Å². The summed E-state index contributed by atoms with van der Waals surface area (Å²) in [6, 6.07) is -2.83. The van der Waals surface area contributed by atoms with E-state index in [0.717, 1.165) is 36.4 Å². The molecular weight excluding hydrogens is 564 g/mol. The molecule has 4 N–H and O–H groups in total. The predicted octanol–water partition coefficient (Wildman–Crippen LogP) is 1.50. The Labute approximate surface area is 250 Å². The van der Waals surface area contributed by atoms with Crippen LogP contribution in [0.5, 0.6) is 0 Å². The number of rotatable bonds is 7. The monoisotopic (exact) mass is 614 g/mol. The molecule has 240 valence electrons. The number of carboxylic acids is 1. The maximum Gasteiger partial charge on any atom is 0.329 e. The summed E-state index contributed by atoms with van der Waals surface area (Å²) in [5.74, 6) is -1.96. The molecule has 3 aliphatic rings. The second-order valence-electron chi connectivity index (χ2n) is 13.4. The Hall–Kier alpha value is -2.45. The number of carbonyl (C=O) groups excluding carboxylic acids is 3. The first-order valence-corrected chi connectivity index (χ1v) is 16.5. The first-order chi connectivity index (χ1) is 19.5. The quantitative estimate of drug-likeness (QED) is 0.337. The van der Waals surface area contributed by atoms with E-state index in [4.69, 9.17) is 0 Å². The lowest BCUT2D eigenvalue weighted by Crippen LogP contribution is -2.59. The number of amides is 4. The van der Waals surface area contributed by atoms with Crippen LogP contribution >= 0.6 is 0 Å². The van der Waals surface area contributed by atoms with Gasteiger partial charge < -0.3 is 26.0 Å². The molecule has 14 heteroatoms. The summed E-state index contributed by atoms with van der Waals surface area (Å²) in [6.45, 7) is 6.05.